The van der Waals surface area contributed by atoms with Crippen molar-refractivity contribution < 1.29 is 23.1 Å². The van der Waals surface area contributed by atoms with Crippen molar-refractivity contribution >= 4 is 33.2 Å². The van der Waals surface area contributed by atoms with Crippen molar-refractivity contribution in [1.29, 1.82) is 0 Å². The average Bonchev–Trinajstić information content (AvgIpc) is 3.09. The van der Waals surface area contributed by atoms with Gasteiger partial charge in [0.1, 0.15) is 5.76 Å². The first kappa shape index (κ1) is 22.4. The molecular weight excluding hydrogens is 442 g/mol. The van der Waals surface area contributed by atoms with Gasteiger partial charge in [-0.15, -0.1) is 0 Å². The molecule has 1 unspecified atom stereocenters. The van der Waals surface area contributed by atoms with Gasteiger partial charge in [0.15, 0.2) is 0 Å². The van der Waals surface area contributed by atoms with Gasteiger partial charge in [-0.25, -0.2) is 13.6 Å². The van der Waals surface area contributed by atoms with Gasteiger partial charge in [0.2, 0.25) is 10.0 Å². The quantitative estimate of drug-likeness (QED) is 0.340. The van der Waals surface area contributed by atoms with Crippen molar-refractivity contribution in [2.45, 2.75) is 24.3 Å². The van der Waals surface area contributed by atoms with Crippen LogP contribution in [0, 0.1) is 0 Å². The van der Waals surface area contributed by atoms with Gasteiger partial charge in [0.05, 0.1) is 16.5 Å². The van der Waals surface area contributed by atoms with E-state index in [-0.39, 0.29) is 21.9 Å². The van der Waals surface area contributed by atoms with E-state index in [4.69, 9.17) is 5.14 Å². The molecule has 9 heteroatoms. The number of aryl methyl sites for hydroxylation is 1. The number of nitrogens with zero attached hydrogens (tertiary/aromatic N) is 2. The number of aliphatic hydroxyl groups excluding tert-OH is 1. The molecule has 1 amide bonds. The fraction of sp³-hybridized carbons (Fsp3) is 0.125. The van der Waals surface area contributed by atoms with Crippen LogP contribution < -0.4 is 10.0 Å². The van der Waals surface area contributed by atoms with Crippen LogP contribution in [0.1, 0.15) is 29.7 Å². The first-order chi connectivity index (χ1) is 15.7. The van der Waals surface area contributed by atoms with E-state index in [2.05, 4.69) is 4.98 Å². The van der Waals surface area contributed by atoms with Crippen molar-refractivity contribution in [2.24, 2.45) is 5.14 Å². The molecule has 1 atom stereocenters. The smallest absolute Gasteiger partial charge is 0.300 e. The maximum absolute atomic E-state index is 13.1. The average molecular weight is 464 g/mol. The maximum Gasteiger partial charge on any atom is 0.300 e. The van der Waals surface area contributed by atoms with Gasteiger partial charge < -0.3 is 5.11 Å². The molecule has 0 radical (unpaired) electrons. The van der Waals surface area contributed by atoms with Crippen molar-refractivity contribution in [2.75, 3.05) is 4.90 Å². The lowest BCUT2D eigenvalue weighted by atomic mass is 9.95. The zero-order chi connectivity index (χ0) is 23.8. The van der Waals surface area contributed by atoms with Crippen LogP contribution in [0.15, 0.2) is 83.5 Å². The third kappa shape index (κ3) is 4.15. The number of rotatable bonds is 5. The lowest BCUT2D eigenvalue weighted by Gasteiger charge is -2.25. The molecule has 2 aromatic carbocycles. The van der Waals surface area contributed by atoms with Crippen LogP contribution in [0.25, 0.3) is 5.76 Å². The van der Waals surface area contributed by atoms with Crippen molar-refractivity contribution in [1.82, 2.24) is 4.98 Å². The maximum atomic E-state index is 13.1. The van der Waals surface area contributed by atoms with Gasteiger partial charge in [-0.3, -0.25) is 19.5 Å². The Morgan fingerprint density at radius 2 is 1.73 bits per heavy atom. The Bertz CT molecular complexity index is 1350. The van der Waals surface area contributed by atoms with Gasteiger partial charge in [0, 0.05) is 23.6 Å². The number of nitrogens with two attached hydrogens (primary N) is 1. The Hall–Kier alpha value is -3.82. The lowest BCUT2D eigenvalue weighted by molar-refractivity contribution is -0.132. The van der Waals surface area contributed by atoms with Gasteiger partial charge >= 0.3 is 0 Å². The Morgan fingerprint density at radius 1 is 1.06 bits per heavy atom. The number of benzene rings is 2. The van der Waals surface area contributed by atoms with E-state index in [1.54, 1.807) is 30.5 Å². The second-order valence-electron chi connectivity index (χ2n) is 7.54. The second-order valence-corrected chi connectivity index (χ2v) is 9.11. The molecule has 0 spiro atoms. The fourth-order valence-electron chi connectivity index (χ4n) is 3.80. The number of sulfonamides is 1. The number of pyridine rings is 1. The van der Waals surface area contributed by atoms with E-state index in [0.29, 0.717) is 11.1 Å². The number of anilines is 1. The highest BCUT2D eigenvalue weighted by Crippen LogP contribution is 2.42. The minimum absolute atomic E-state index is 0.0761. The summed E-state index contributed by atoms with van der Waals surface area (Å²) in [5.74, 6) is -2.00. The van der Waals surface area contributed by atoms with Crippen LogP contribution in [-0.2, 0) is 26.0 Å². The summed E-state index contributed by atoms with van der Waals surface area (Å²) in [6.07, 6.45) is 3.88. The second kappa shape index (κ2) is 8.61. The predicted octanol–water partition coefficient (Wildman–Crippen LogP) is 2.92. The van der Waals surface area contributed by atoms with E-state index in [9.17, 15) is 23.1 Å². The number of hydrogen-bond donors (Lipinski definition) is 2. The minimum Gasteiger partial charge on any atom is -0.507 e. The Labute approximate surface area is 191 Å². The summed E-state index contributed by atoms with van der Waals surface area (Å²) in [4.78, 5) is 31.4. The molecule has 4 rings (SSSR count). The van der Waals surface area contributed by atoms with Crippen molar-refractivity contribution in [3.05, 3.63) is 95.3 Å². The number of hydrogen-bond acceptors (Lipinski definition) is 6. The molecule has 33 heavy (non-hydrogen) atoms. The van der Waals surface area contributed by atoms with Crippen LogP contribution in [0.3, 0.4) is 0 Å². The highest BCUT2D eigenvalue weighted by Gasteiger charge is 2.47. The van der Waals surface area contributed by atoms with Gasteiger partial charge in [-0.2, -0.15) is 0 Å². The number of carbonyl (C=O) groups excluding carboxylic acids is 2. The van der Waals surface area contributed by atoms with Crippen molar-refractivity contribution in [3.63, 3.8) is 0 Å². The summed E-state index contributed by atoms with van der Waals surface area (Å²) in [6.45, 7) is 2.00. The molecule has 1 aromatic heterocycles. The molecule has 0 bridgehead atoms. The zero-order valence-electron chi connectivity index (χ0n) is 17.7. The summed E-state index contributed by atoms with van der Waals surface area (Å²) >= 11 is 0. The van der Waals surface area contributed by atoms with Gasteiger partial charge in [0.25, 0.3) is 11.7 Å². The third-order valence-corrected chi connectivity index (χ3v) is 6.45. The summed E-state index contributed by atoms with van der Waals surface area (Å²) in [5, 5.41) is 16.2. The van der Waals surface area contributed by atoms with Crippen LogP contribution in [-0.4, -0.2) is 30.2 Å². The predicted molar refractivity (Wildman–Crippen MR) is 123 cm³/mol. The number of aromatic nitrogens is 1. The Kier molecular flexibility index (Phi) is 5.84. The minimum atomic E-state index is -3.93. The summed E-state index contributed by atoms with van der Waals surface area (Å²) in [6, 6.07) is 14.8. The lowest BCUT2D eigenvalue weighted by Crippen LogP contribution is -2.29. The van der Waals surface area contributed by atoms with Crippen LogP contribution in [0.4, 0.5) is 5.69 Å². The number of Topliss-reactive ketones (excluding diaryl/α,β-unsaturated/α-hetero) is 1. The zero-order valence-corrected chi connectivity index (χ0v) is 18.5. The number of carbonyl (C=O) groups is 2. The normalized spacial score (nSPS) is 18.0. The SMILES string of the molecule is CCc1ccc(/C(O)=C2\C(=O)C(=O)N(c3ccc(S(N)(=O)=O)cc3)C2c2cccnc2)cc1. The molecule has 3 N–H and O–H groups in total. The molecule has 3 aromatic rings. The van der Waals surface area contributed by atoms with Crippen LogP contribution in [0.5, 0.6) is 0 Å². The van der Waals surface area contributed by atoms with Crippen LogP contribution in [0.2, 0.25) is 0 Å². The fourth-order valence-corrected chi connectivity index (χ4v) is 4.32. The monoisotopic (exact) mass is 463 g/mol. The molecule has 1 aliphatic rings. The summed E-state index contributed by atoms with van der Waals surface area (Å²) in [7, 11) is -3.93. The third-order valence-electron chi connectivity index (χ3n) is 5.52. The molecule has 168 valence electrons. The Balaban J connectivity index is 1.89. The largest absolute Gasteiger partial charge is 0.507 e. The summed E-state index contributed by atoms with van der Waals surface area (Å²) < 4.78 is 23.2. The Morgan fingerprint density at radius 3 is 2.27 bits per heavy atom. The standard InChI is InChI=1S/C24H21N3O5S/c1-2-15-5-7-16(8-6-15)22(28)20-21(17-4-3-13-26-14-17)27(24(30)23(20)29)18-9-11-19(12-10-18)33(25,31)32/h3-14,21,28H,2H2,1H3,(H2,25,31,32)/b22-20+. The molecule has 0 aliphatic carbocycles. The van der Waals surface area contributed by atoms with Gasteiger partial charge in [-0.05, 0) is 47.9 Å². The summed E-state index contributed by atoms with van der Waals surface area (Å²) in [5.41, 5.74) is 2.18. The highest BCUT2D eigenvalue weighted by molar-refractivity contribution is 7.89. The van der Waals surface area contributed by atoms with E-state index in [1.165, 1.54) is 35.4 Å². The van der Waals surface area contributed by atoms with Crippen LogP contribution >= 0.6 is 0 Å². The topological polar surface area (TPSA) is 131 Å². The van der Waals surface area contributed by atoms with E-state index in [0.717, 1.165) is 12.0 Å². The number of aliphatic hydroxyl groups is 1. The molecule has 0 saturated carbocycles. The molecule has 8 nitrogen and oxygen atoms in total. The van der Waals surface area contributed by atoms with Gasteiger partial charge in [-0.1, -0.05) is 37.3 Å². The molecule has 2 heterocycles. The van der Waals surface area contributed by atoms with E-state index in [1.807, 2.05) is 19.1 Å². The highest BCUT2D eigenvalue weighted by atomic mass is 32.2. The molecule has 1 aliphatic heterocycles. The molecule has 1 saturated heterocycles. The van der Waals surface area contributed by atoms with Crippen molar-refractivity contribution in [3.8, 4) is 0 Å². The molecular formula is C24H21N3O5S. The first-order valence-electron chi connectivity index (χ1n) is 10.2. The first-order valence-corrected chi connectivity index (χ1v) is 11.7. The number of ketones is 1. The van der Waals surface area contributed by atoms with E-state index < -0.39 is 27.8 Å². The van der Waals surface area contributed by atoms with E-state index >= 15 is 0 Å². The number of primary sulfonamides is 1. The molecule has 1 fully saturated rings. The number of amides is 1.